The number of likely N-dealkylation sites (N-methyl/N-ethyl adjacent to an activating group) is 2. The van der Waals surface area contributed by atoms with Gasteiger partial charge in [0.1, 0.15) is 0 Å². The Kier molecular flexibility index (Phi) is 5.08. The van der Waals surface area contributed by atoms with Gasteiger partial charge in [-0.15, -0.1) is 0 Å². The molecule has 2 heteroatoms. The average molecular weight is 252 g/mol. The molecule has 2 nitrogen and oxygen atoms in total. The summed E-state index contributed by atoms with van der Waals surface area (Å²) < 4.78 is 0. The zero-order chi connectivity index (χ0) is 13.1. The van der Waals surface area contributed by atoms with Crippen LogP contribution in [-0.4, -0.2) is 37.1 Å². The van der Waals surface area contributed by atoms with Crippen LogP contribution in [0.4, 0.5) is 0 Å². The van der Waals surface area contributed by atoms with Crippen LogP contribution >= 0.6 is 0 Å². The fourth-order valence-electron chi connectivity index (χ4n) is 4.15. The van der Waals surface area contributed by atoms with Gasteiger partial charge < -0.3 is 5.32 Å². The lowest BCUT2D eigenvalue weighted by Crippen LogP contribution is -2.54. The SMILES string of the molecule is CNC1CCC(C(C)C)CC1N(C)C1CCCC1. The predicted molar refractivity (Wildman–Crippen MR) is 78.8 cm³/mol. The topological polar surface area (TPSA) is 15.3 Å². The molecule has 0 amide bonds. The third-order valence-electron chi connectivity index (χ3n) is 5.59. The van der Waals surface area contributed by atoms with Crippen molar-refractivity contribution in [3.8, 4) is 0 Å². The highest BCUT2D eigenvalue weighted by atomic mass is 15.2. The second-order valence-corrected chi connectivity index (χ2v) is 6.88. The van der Waals surface area contributed by atoms with E-state index in [2.05, 4.69) is 38.2 Å². The van der Waals surface area contributed by atoms with E-state index in [1.165, 1.54) is 44.9 Å². The van der Waals surface area contributed by atoms with Crippen molar-refractivity contribution in [3.63, 3.8) is 0 Å². The van der Waals surface area contributed by atoms with Crippen LogP contribution in [0.1, 0.15) is 58.8 Å². The van der Waals surface area contributed by atoms with Crippen molar-refractivity contribution in [2.24, 2.45) is 11.8 Å². The summed E-state index contributed by atoms with van der Waals surface area (Å²) in [7, 11) is 4.53. The maximum absolute atomic E-state index is 3.58. The molecule has 3 unspecified atom stereocenters. The molecule has 0 heterocycles. The standard InChI is InChI=1S/C16H32N2/c1-12(2)13-9-10-15(17-3)16(11-13)18(4)14-7-5-6-8-14/h12-17H,5-11H2,1-4H3. The molecule has 0 aliphatic heterocycles. The number of hydrogen-bond donors (Lipinski definition) is 1. The first-order valence-corrected chi connectivity index (χ1v) is 8.02. The van der Waals surface area contributed by atoms with Crippen LogP contribution in [0, 0.1) is 11.8 Å². The summed E-state index contributed by atoms with van der Waals surface area (Å²) in [4.78, 5) is 2.72. The van der Waals surface area contributed by atoms with Crippen molar-refractivity contribution in [2.75, 3.05) is 14.1 Å². The minimum absolute atomic E-state index is 0.714. The number of nitrogens with one attached hydrogen (secondary N) is 1. The van der Waals surface area contributed by atoms with E-state index < -0.39 is 0 Å². The van der Waals surface area contributed by atoms with E-state index in [-0.39, 0.29) is 0 Å². The van der Waals surface area contributed by atoms with Crippen molar-refractivity contribution in [2.45, 2.75) is 76.9 Å². The van der Waals surface area contributed by atoms with Crippen LogP contribution in [0.25, 0.3) is 0 Å². The summed E-state index contributed by atoms with van der Waals surface area (Å²) in [5.41, 5.74) is 0. The average Bonchev–Trinajstić information content (AvgIpc) is 2.90. The molecule has 0 aromatic carbocycles. The van der Waals surface area contributed by atoms with Crippen LogP contribution in [0.2, 0.25) is 0 Å². The molecule has 18 heavy (non-hydrogen) atoms. The third-order valence-corrected chi connectivity index (χ3v) is 5.59. The number of hydrogen-bond acceptors (Lipinski definition) is 2. The van der Waals surface area contributed by atoms with Gasteiger partial charge in [0.15, 0.2) is 0 Å². The zero-order valence-electron chi connectivity index (χ0n) is 12.8. The van der Waals surface area contributed by atoms with Crippen molar-refractivity contribution in [1.82, 2.24) is 10.2 Å². The van der Waals surface area contributed by atoms with E-state index in [9.17, 15) is 0 Å². The Morgan fingerprint density at radius 3 is 2.28 bits per heavy atom. The highest BCUT2D eigenvalue weighted by Gasteiger charge is 2.36. The summed E-state index contributed by atoms with van der Waals surface area (Å²) in [6, 6.07) is 2.33. The van der Waals surface area contributed by atoms with Gasteiger partial charge in [0.25, 0.3) is 0 Å². The molecule has 3 atom stereocenters. The Morgan fingerprint density at radius 1 is 1.06 bits per heavy atom. The zero-order valence-corrected chi connectivity index (χ0v) is 12.8. The van der Waals surface area contributed by atoms with Crippen molar-refractivity contribution < 1.29 is 0 Å². The highest BCUT2D eigenvalue weighted by Crippen LogP contribution is 2.35. The molecule has 0 aromatic rings. The molecule has 0 saturated heterocycles. The van der Waals surface area contributed by atoms with E-state index in [1.807, 2.05) is 0 Å². The summed E-state index contributed by atoms with van der Waals surface area (Å²) in [6.45, 7) is 4.80. The maximum Gasteiger partial charge on any atom is 0.0251 e. The van der Waals surface area contributed by atoms with Gasteiger partial charge in [0, 0.05) is 18.1 Å². The molecule has 2 aliphatic carbocycles. The molecule has 0 spiro atoms. The molecule has 2 fully saturated rings. The quantitative estimate of drug-likeness (QED) is 0.826. The first kappa shape index (κ1) is 14.3. The Balaban J connectivity index is 2.00. The normalized spacial score (nSPS) is 34.7. The van der Waals surface area contributed by atoms with Crippen LogP contribution in [-0.2, 0) is 0 Å². The summed E-state index contributed by atoms with van der Waals surface area (Å²) in [6.07, 6.45) is 9.92. The molecule has 1 N–H and O–H groups in total. The minimum Gasteiger partial charge on any atom is -0.315 e. The lowest BCUT2D eigenvalue weighted by molar-refractivity contribution is 0.0757. The largest absolute Gasteiger partial charge is 0.315 e. The fraction of sp³-hybridized carbons (Fsp3) is 1.00. The van der Waals surface area contributed by atoms with E-state index in [0.29, 0.717) is 6.04 Å². The van der Waals surface area contributed by atoms with E-state index in [1.54, 1.807) is 0 Å². The van der Waals surface area contributed by atoms with Crippen molar-refractivity contribution in [3.05, 3.63) is 0 Å². The van der Waals surface area contributed by atoms with Gasteiger partial charge in [0.2, 0.25) is 0 Å². The van der Waals surface area contributed by atoms with Crippen LogP contribution in [0.5, 0.6) is 0 Å². The van der Waals surface area contributed by atoms with Gasteiger partial charge in [0.05, 0.1) is 0 Å². The smallest absolute Gasteiger partial charge is 0.0251 e. The van der Waals surface area contributed by atoms with E-state index in [4.69, 9.17) is 0 Å². The van der Waals surface area contributed by atoms with Crippen LogP contribution in [0.15, 0.2) is 0 Å². The van der Waals surface area contributed by atoms with Gasteiger partial charge in [-0.3, -0.25) is 4.90 Å². The molecule has 0 radical (unpaired) electrons. The molecule has 2 saturated carbocycles. The van der Waals surface area contributed by atoms with Crippen molar-refractivity contribution >= 4 is 0 Å². The molecular formula is C16H32N2. The van der Waals surface area contributed by atoms with Crippen LogP contribution < -0.4 is 5.32 Å². The van der Waals surface area contributed by atoms with E-state index in [0.717, 1.165) is 23.9 Å². The maximum atomic E-state index is 3.58. The Hall–Kier alpha value is -0.0800. The van der Waals surface area contributed by atoms with E-state index >= 15 is 0 Å². The lowest BCUT2D eigenvalue weighted by atomic mass is 9.76. The minimum atomic E-state index is 0.714. The molecule has 0 aromatic heterocycles. The third kappa shape index (κ3) is 3.08. The first-order valence-electron chi connectivity index (χ1n) is 8.02. The summed E-state index contributed by atoms with van der Waals surface area (Å²) in [5.74, 6) is 1.78. The molecule has 2 aliphatic rings. The van der Waals surface area contributed by atoms with Gasteiger partial charge in [-0.25, -0.2) is 0 Å². The fourth-order valence-corrected chi connectivity index (χ4v) is 4.15. The first-order chi connectivity index (χ1) is 8.63. The number of rotatable bonds is 4. The van der Waals surface area contributed by atoms with Crippen molar-refractivity contribution in [1.29, 1.82) is 0 Å². The summed E-state index contributed by atoms with van der Waals surface area (Å²) in [5, 5.41) is 3.58. The molecule has 0 bridgehead atoms. The molecule has 2 rings (SSSR count). The molecule has 106 valence electrons. The molecular weight excluding hydrogens is 220 g/mol. The monoisotopic (exact) mass is 252 g/mol. The highest BCUT2D eigenvalue weighted by molar-refractivity contribution is 4.93. The van der Waals surface area contributed by atoms with Crippen LogP contribution in [0.3, 0.4) is 0 Å². The number of nitrogens with zero attached hydrogens (tertiary/aromatic N) is 1. The summed E-state index contributed by atoms with van der Waals surface area (Å²) >= 11 is 0. The van der Waals surface area contributed by atoms with Gasteiger partial charge in [-0.2, -0.15) is 0 Å². The van der Waals surface area contributed by atoms with Gasteiger partial charge >= 0.3 is 0 Å². The van der Waals surface area contributed by atoms with Gasteiger partial charge in [-0.05, 0) is 58.0 Å². The Bertz CT molecular complexity index is 245. The second-order valence-electron chi connectivity index (χ2n) is 6.88. The Labute approximate surface area is 114 Å². The Morgan fingerprint density at radius 2 is 1.72 bits per heavy atom. The lowest BCUT2D eigenvalue weighted by Gasteiger charge is -2.44. The second kappa shape index (κ2) is 6.38. The predicted octanol–water partition coefficient (Wildman–Crippen LogP) is 3.27. The van der Waals surface area contributed by atoms with Gasteiger partial charge in [-0.1, -0.05) is 26.7 Å².